The van der Waals surface area contributed by atoms with Gasteiger partial charge in [0.15, 0.2) is 0 Å². The molecule has 0 aromatic heterocycles. The molecule has 0 radical (unpaired) electrons. The summed E-state index contributed by atoms with van der Waals surface area (Å²) in [6.07, 6.45) is 1.85. The fraction of sp³-hybridized carbons (Fsp3) is 0.368. The van der Waals surface area contributed by atoms with Crippen LogP contribution in [-0.2, 0) is 30.2 Å². The second-order valence-electron chi connectivity index (χ2n) is 6.29. The Hall–Kier alpha value is -2.56. The SMILES string of the molecule is CCC1=C(C)C(=O)OC1O/C=C1/C(=O)O[C@@H]2c3ccccc3C[C@H]12. The molecule has 5 nitrogen and oxygen atoms in total. The molecule has 0 spiro atoms. The number of cyclic esters (lactones) is 1. The van der Waals surface area contributed by atoms with Crippen molar-refractivity contribution < 1.29 is 23.8 Å². The van der Waals surface area contributed by atoms with E-state index in [0.717, 1.165) is 17.6 Å². The van der Waals surface area contributed by atoms with Gasteiger partial charge in [-0.15, -0.1) is 0 Å². The van der Waals surface area contributed by atoms with Crippen molar-refractivity contribution in [3.8, 4) is 0 Å². The Morgan fingerprint density at radius 2 is 2.00 bits per heavy atom. The number of carbonyl (C=O) groups excluding carboxylic acids is 2. The second kappa shape index (κ2) is 5.51. The summed E-state index contributed by atoms with van der Waals surface area (Å²) in [7, 11) is 0. The molecule has 1 aliphatic carbocycles. The maximum absolute atomic E-state index is 12.2. The van der Waals surface area contributed by atoms with Crippen LogP contribution in [0.5, 0.6) is 0 Å². The molecule has 1 aromatic rings. The van der Waals surface area contributed by atoms with Crippen LogP contribution in [0.1, 0.15) is 37.5 Å². The average Bonchev–Trinajstić information content (AvgIpc) is 3.16. The lowest BCUT2D eigenvalue weighted by atomic mass is 9.98. The first kappa shape index (κ1) is 15.0. The van der Waals surface area contributed by atoms with Crippen molar-refractivity contribution in [1.82, 2.24) is 0 Å². The number of benzene rings is 1. The van der Waals surface area contributed by atoms with Gasteiger partial charge in [0.05, 0.1) is 11.8 Å². The number of hydrogen-bond acceptors (Lipinski definition) is 5. The van der Waals surface area contributed by atoms with Crippen LogP contribution in [0.4, 0.5) is 0 Å². The lowest BCUT2D eigenvalue weighted by molar-refractivity contribution is -0.153. The Balaban J connectivity index is 1.56. The molecule has 0 amide bonds. The van der Waals surface area contributed by atoms with Crippen molar-refractivity contribution >= 4 is 11.9 Å². The van der Waals surface area contributed by atoms with Crippen molar-refractivity contribution in [1.29, 1.82) is 0 Å². The molecule has 0 N–H and O–H groups in total. The van der Waals surface area contributed by atoms with Gasteiger partial charge in [-0.2, -0.15) is 0 Å². The molecule has 0 bridgehead atoms. The lowest BCUT2D eigenvalue weighted by Gasteiger charge is -2.13. The minimum absolute atomic E-state index is 0.0397. The summed E-state index contributed by atoms with van der Waals surface area (Å²) in [5.74, 6) is -0.764. The van der Waals surface area contributed by atoms with Crippen LogP contribution in [0.15, 0.2) is 47.2 Å². The number of ether oxygens (including phenoxy) is 3. The van der Waals surface area contributed by atoms with E-state index in [0.29, 0.717) is 17.6 Å². The first-order valence-electron chi connectivity index (χ1n) is 8.15. The van der Waals surface area contributed by atoms with Crippen molar-refractivity contribution in [3.63, 3.8) is 0 Å². The van der Waals surface area contributed by atoms with Gasteiger partial charge in [0, 0.05) is 17.1 Å². The highest BCUT2D eigenvalue weighted by Gasteiger charge is 2.46. The first-order chi connectivity index (χ1) is 11.6. The predicted octanol–water partition coefficient (Wildman–Crippen LogP) is 2.97. The smallest absolute Gasteiger partial charge is 0.338 e. The summed E-state index contributed by atoms with van der Waals surface area (Å²) in [5, 5.41) is 0. The molecule has 1 aromatic carbocycles. The van der Waals surface area contributed by atoms with E-state index in [1.807, 2.05) is 25.1 Å². The molecule has 5 heteroatoms. The third kappa shape index (κ3) is 2.15. The van der Waals surface area contributed by atoms with Crippen LogP contribution >= 0.6 is 0 Å². The molecule has 2 aliphatic heterocycles. The van der Waals surface area contributed by atoms with E-state index in [2.05, 4.69) is 6.07 Å². The minimum Gasteiger partial charge on any atom is -0.458 e. The molecule has 2 heterocycles. The Morgan fingerprint density at radius 1 is 1.21 bits per heavy atom. The van der Waals surface area contributed by atoms with Crippen LogP contribution in [0.25, 0.3) is 0 Å². The molecule has 0 saturated carbocycles. The van der Waals surface area contributed by atoms with Crippen LogP contribution in [0.2, 0.25) is 0 Å². The fourth-order valence-corrected chi connectivity index (χ4v) is 3.69. The van der Waals surface area contributed by atoms with Crippen LogP contribution in [-0.4, -0.2) is 18.2 Å². The van der Waals surface area contributed by atoms with Gasteiger partial charge in [0.2, 0.25) is 0 Å². The highest BCUT2D eigenvalue weighted by Crippen LogP contribution is 2.47. The topological polar surface area (TPSA) is 61.8 Å². The van der Waals surface area contributed by atoms with Crippen molar-refractivity contribution in [3.05, 3.63) is 58.4 Å². The molecular weight excluding hydrogens is 308 g/mol. The third-order valence-corrected chi connectivity index (χ3v) is 5.02. The van der Waals surface area contributed by atoms with Crippen LogP contribution in [0.3, 0.4) is 0 Å². The van der Waals surface area contributed by atoms with E-state index in [1.165, 1.54) is 11.8 Å². The number of carbonyl (C=O) groups is 2. The molecule has 3 aliphatic rings. The summed E-state index contributed by atoms with van der Waals surface area (Å²) in [6.45, 7) is 3.67. The van der Waals surface area contributed by atoms with Gasteiger partial charge < -0.3 is 14.2 Å². The van der Waals surface area contributed by atoms with Gasteiger partial charge in [-0.1, -0.05) is 31.2 Å². The summed E-state index contributed by atoms with van der Waals surface area (Å²) < 4.78 is 16.4. The Morgan fingerprint density at radius 3 is 2.79 bits per heavy atom. The highest BCUT2D eigenvalue weighted by molar-refractivity contribution is 5.92. The van der Waals surface area contributed by atoms with E-state index in [4.69, 9.17) is 14.2 Å². The van der Waals surface area contributed by atoms with E-state index in [-0.39, 0.29) is 24.0 Å². The fourth-order valence-electron chi connectivity index (χ4n) is 3.69. The van der Waals surface area contributed by atoms with Gasteiger partial charge in [-0.3, -0.25) is 0 Å². The van der Waals surface area contributed by atoms with E-state index < -0.39 is 6.29 Å². The molecule has 24 heavy (non-hydrogen) atoms. The second-order valence-corrected chi connectivity index (χ2v) is 6.29. The van der Waals surface area contributed by atoms with Gasteiger partial charge in [-0.05, 0) is 30.9 Å². The first-order valence-corrected chi connectivity index (χ1v) is 8.15. The Kier molecular flexibility index (Phi) is 3.44. The van der Waals surface area contributed by atoms with E-state index in [9.17, 15) is 9.59 Å². The Labute approximate surface area is 139 Å². The zero-order chi connectivity index (χ0) is 16.8. The third-order valence-electron chi connectivity index (χ3n) is 5.02. The molecule has 4 rings (SSSR count). The zero-order valence-corrected chi connectivity index (χ0v) is 13.6. The largest absolute Gasteiger partial charge is 0.458 e. The van der Waals surface area contributed by atoms with Gasteiger partial charge in [-0.25, -0.2) is 9.59 Å². The van der Waals surface area contributed by atoms with Crippen LogP contribution in [0, 0.1) is 5.92 Å². The molecule has 1 fully saturated rings. The summed E-state index contributed by atoms with van der Waals surface area (Å²) in [6, 6.07) is 7.99. The molecule has 3 atom stereocenters. The number of esters is 2. The van der Waals surface area contributed by atoms with Crippen molar-refractivity contribution in [2.24, 2.45) is 5.92 Å². The minimum atomic E-state index is -0.745. The average molecular weight is 326 g/mol. The van der Waals surface area contributed by atoms with Gasteiger partial charge in [0.25, 0.3) is 6.29 Å². The van der Waals surface area contributed by atoms with Gasteiger partial charge in [0.1, 0.15) is 6.10 Å². The number of rotatable bonds is 3. The van der Waals surface area contributed by atoms with Gasteiger partial charge >= 0.3 is 11.9 Å². The number of hydrogen-bond donors (Lipinski definition) is 0. The molecule has 1 unspecified atom stereocenters. The number of fused-ring (bicyclic) bond motifs is 3. The quantitative estimate of drug-likeness (QED) is 0.485. The molecular formula is C19H18O5. The zero-order valence-electron chi connectivity index (χ0n) is 13.6. The Bertz CT molecular complexity index is 789. The predicted molar refractivity (Wildman–Crippen MR) is 84.5 cm³/mol. The van der Waals surface area contributed by atoms with Crippen molar-refractivity contribution in [2.75, 3.05) is 0 Å². The summed E-state index contributed by atoms with van der Waals surface area (Å²) >= 11 is 0. The normalized spacial score (nSPS) is 29.6. The molecule has 1 saturated heterocycles. The lowest BCUT2D eigenvalue weighted by Crippen LogP contribution is -2.15. The highest BCUT2D eigenvalue weighted by atomic mass is 16.7. The summed E-state index contributed by atoms with van der Waals surface area (Å²) in [4.78, 5) is 23.9. The maximum Gasteiger partial charge on any atom is 0.338 e. The molecule has 124 valence electrons. The summed E-state index contributed by atoms with van der Waals surface area (Å²) in [5.41, 5.74) is 4.17. The monoisotopic (exact) mass is 326 g/mol. The van der Waals surface area contributed by atoms with Crippen LogP contribution < -0.4 is 0 Å². The van der Waals surface area contributed by atoms with Crippen molar-refractivity contribution in [2.45, 2.75) is 39.1 Å². The van der Waals surface area contributed by atoms with E-state index in [1.54, 1.807) is 6.92 Å². The standard InChI is InChI=1S/C19H18O5/c1-3-12-10(2)17(20)24-19(12)22-9-15-14-8-11-6-4-5-7-13(11)16(14)23-18(15)21/h4-7,9,14,16,19H,3,8H2,1-2H3/b15-9+/t14-,16-,19?/m1/s1. The maximum atomic E-state index is 12.2. The van der Waals surface area contributed by atoms with E-state index >= 15 is 0 Å².